The molecule has 2 rings (SSSR count). The van der Waals surface area contributed by atoms with Crippen LogP contribution in [-0.2, 0) is 4.79 Å². The quantitative estimate of drug-likeness (QED) is 0.818. The highest BCUT2D eigenvalue weighted by Crippen LogP contribution is 2.25. The number of aliphatic hydroxyl groups is 1. The number of rotatable bonds is 5. The number of aliphatic hydroxyl groups excluding tert-OH is 1. The summed E-state index contributed by atoms with van der Waals surface area (Å²) in [5, 5.41) is 17.7. The number of hydrogen-bond donors (Lipinski definition) is 2. The van der Waals surface area contributed by atoms with Crippen molar-refractivity contribution >= 4 is 29.3 Å². The van der Waals surface area contributed by atoms with Crippen molar-refractivity contribution in [1.82, 2.24) is 4.90 Å². The van der Waals surface area contributed by atoms with Crippen LogP contribution in [0.4, 0.5) is 0 Å². The van der Waals surface area contributed by atoms with Crippen LogP contribution in [-0.4, -0.2) is 46.2 Å². The zero-order chi connectivity index (χ0) is 15.2. The van der Waals surface area contributed by atoms with Crippen molar-refractivity contribution in [2.45, 2.75) is 31.7 Å². The number of aliphatic carboxylic acids is 1. The third kappa shape index (κ3) is 4.15. The van der Waals surface area contributed by atoms with Gasteiger partial charge in [-0.05, 0) is 43.9 Å². The van der Waals surface area contributed by atoms with Crippen LogP contribution in [0.25, 0.3) is 6.08 Å². The normalized spacial score (nSPS) is 19.1. The van der Waals surface area contributed by atoms with E-state index in [1.165, 1.54) is 17.4 Å². The molecule has 1 saturated heterocycles. The van der Waals surface area contributed by atoms with Gasteiger partial charge >= 0.3 is 5.97 Å². The Morgan fingerprint density at radius 3 is 2.90 bits per heavy atom. The standard InChI is InChI=1S/C15H19NO4S/c17-10-8-11-3-1-2-9-16(11)15(20)13-6-4-12(21-13)5-7-14(18)19/h4-7,11,17H,1-3,8-10H2,(H,18,19). The minimum absolute atomic E-state index is 0.0203. The number of amides is 1. The molecule has 2 N–H and O–H groups in total. The fourth-order valence-corrected chi connectivity index (χ4v) is 3.44. The van der Waals surface area contributed by atoms with Gasteiger partial charge in [-0.3, -0.25) is 4.79 Å². The van der Waals surface area contributed by atoms with Crippen molar-refractivity contribution in [3.8, 4) is 0 Å². The van der Waals surface area contributed by atoms with Crippen LogP contribution in [0.15, 0.2) is 18.2 Å². The molecule has 114 valence electrons. The summed E-state index contributed by atoms with van der Waals surface area (Å²) in [6, 6.07) is 3.60. The van der Waals surface area contributed by atoms with Crippen LogP contribution in [0.3, 0.4) is 0 Å². The van der Waals surface area contributed by atoms with Crippen molar-refractivity contribution in [3.05, 3.63) is 28.0 Å². The van der Waals surface area contributed by atoms with E-state index in [0.717, 1.165) is 36.8 Å². The first-order valence-electron chi connectivity index (χ1n) is 7.04. The molecule has 0 bridgehead atoms. The van der Waals surface area contributed by atoms with Crippen molar-refractivity contribution in [1.29, 1.82) is 0 Å². The maximum absolute atomic E-state index is 12.6. The number of carboxylic acid groups (broad SMARTS) is 1. The lowest BCUT2D eigenvalue weighted by Crippen LogP contribution is -2.43. The summed E-state index contributed by atoms with van der Waals surface area (Å²) in [6.07, 6.45) is 6.18. The first-order valence-corrected chi connectivity index (χ1v) is 7.86. The second-order valence-electron chi connectivity index (χ2n) is 5.03. The third-order valence-corrected chi connectivity index (χ3v) is 4.62. The summed E-state index contributed by atoms with van der Waals surface area (Å²) in [7, 11) is 0. The minimum atomic E-state index is -1.00. The average Bonchev–Trinajstić information content (AvgIpc) is 2.94. The highest BCUT2D eigenvalue weighted by Gasteiger charge is 2.27. The number of carbonyl (C=O) groups is 2. The lowest BCUT2D eigenvalue weighted by molar-refractivity contribution is -0.131. The van der Waals surface area contributed by atoms with Gasteiger partial charge < -0.3 is 15.1 Å². The average molecular weight is 309 g/mol. The van der Waals surface area contributed by atoms with Gasteiger partial charge in [-0.1, -0.05) is 0 Å². The third-order valence-electron chi connectivity index (χ3n) is 3.58. The number of likely N-dealkylation sites (tertiary alicyclic amines) is 1. The van der Waals surface area contributed by atoms with Crippen molar-refractivity contribution < 1.29 is 19.8 Å². The fraction of sp³-hybridized carbons (Fsp3) is 0.467. The van der Waals surface area contributed by atoms with Gasteiger partial charge in [0.1, 0.15) is 0 Å². The predicted octanol–water partition coefficient (Wildman–Crippen LogP) is 2.22. The summed E-state index contributed by atoms with van der Waals surface area (Å²) in [5.74, 6) is -1.02. The summed E-state index contributed by atoms with van der Waals surface area (Å²) in [5.41, 5.74) is 0. The summed E-state index contributed by atoms with van der Waals surface area (Å²) in [6.45, 7) is 0.813. The number of thiophene rings is 1. The van der Waals surface area contributed by atoms with Gasteiger partial charge in [-0.25, -0.2) is 4.79 Å². The second-order valence-corrected chi connectivity index (χ2v) is 6.15. The van der Waals surface area contributed by atoms with E-state index in [2.05, 4.69) is 0 Å². The van der Waals surface area contributed by atoms with Crippen LogP contribution < -0.4 is 0 Å². The lowest BCUT2D eigenvalue weighted by Gasteiger charge is -2.35. The topological polar surface area (TPSA) is 77.8 Å². The van der Waals surface area contributed by atoms with Crippen LogP contribution in [0.5, 0.6) is 0 Å². The largest absolute Gasteiger partial charge is 0.478 e. The van der Waals surface area contributed by atoms with Gasteiger partial charge in [0.15, 0.2) is 0 Å². The SMILES string of the molecule is O=C(O)C=Cc1ccc(C(=O)N2CCCCC2CCO)s1. The molecule has 0 saturated carbocycles. The van der Waals surface area contributed by atoms with Gasteiger partial charge in [0.25, 0.3) is 5.91 Å². The van der Waals surface area contributed by atoms with Crippen molar-refractivity contribution in [3.63, 3.8) is 0 Å². The molecule has 0 aromatic carbocycles. The molecule has 1 aromatic heterocycles. The molecule has 1 aromatic rings. The van der Waals surface area contributed by atoms with E-state index in [4.69, 9.17) is 10.2 Å². The Kier molecular flexibility index (Phi) is 5.52. The molecule has 1 aliphatic heterocycles. The zero-order valence-corrected chi connectivity index (χ0v) is 12.5. The molecule has 0 radical (unpaired) electrons. The molecular weight excluding hydrogens is 290 g/mol. The van der Waals surface area contributed by atoms with Gasteiger partial charge in [0.2, 0.25) is 0 Å². The predicted molar refractivity (Wildman–Crippen MR) is 81.4 cm³/mol. The van der Waals surface area contributed by atoms with E-state index in [0.29, 0.717) is 11.3 Å². The molecule has 6 heteroatoms. The first kappa shape index (κ1) is 15.7. The Morgan fingerprint density at radius 1 is 1.38 bits per heavy atom. The Balaban J connectivity index is 2.09. The molecule has 1 aliphatic rings. The lowest BCUT2D eigenvalue weighted by atomic mass is 9.99. The van der Waals surface area contributed by atoms with Crippen LogP contribution >= 0.6 is 11.3 Å². The molecule has 1 fully saturated rings. The molecule has 1 atom stereocenters. The monoisotopic (exact) mass is 309 g/mol. The van der Waals surface area contributed by atoms with E-state index in [1.54, 1.807) is 12.1 Å². The molecule has 0 aliphatic carbocycles. The molecule has 5 nitrogen and oxygen atoms in total. The summed E-state index contributed by atoms with van der Waals surface area (Å²) < 4.78 is 0. The van der Waals surface area contributed by atoms with Crippen LogP contribution in [0, 0.1) is 0 Å². The molecule has 1 unspecified atom stereocenters. The van der Waals surface area contributed by atoms with Crippen LogP contribution in [0.2, 0.25) is 0 Å². The summed E-state index contributed by atoms with van der Waals surface area (Å²) in [4.78, 5) is 26.3. The van der Waals surface area contributed by atoms with Gasteiger partial charge in [0, 0.05) is 30.1 Å². The highest BCUT2D eigenvalue weighted by atomic mass is 32.1. The zero-order valence-electron chi connectivity index (χ0n) is 11.7. The fourth-order valence-electron chi connectivity index (χ4n) is 2.57. The molecule has 0 spiro atoms. The Bertz CT molecular complexity index is 536. The van der Waals surface area contributed by atoms with Gasteiger partial charge in [-0.2, -0.15) is 0 Å². The van der Waals surface area contributed by atoms with E-state index < -0.39 is 5.97 Å². The Labute approximate surface area is 127 Å². The molecule has 21 heavy (non-hydrogen) atoms. The molecule has 2 heterocycles. The van der Waals surface area contributed by atoms with E-state index in [1.807, 2.05) is 4.90 Å². The Hall–Kier alpha value is -1.66. The Morgan fingerprint density at radius 2 is 2.19 bits per heavy atom. The second kappa shape index (κ2) is 7.38. The van der Waals surface area contributed by atoms with Crippen molar-refractivity contribution in [2.24, 2.45) is 0 Å². The highest BCUT2D eigenvalue weighted by molar-refractivity contribution is 7.14. The van der Waals surface area contributed by atoms with E-state index in [-0.39, 0.29) is 18.6 Å². The van der Waals surface area contributed by atoms with E-state index in [9.17, 15) is 9.59 Å². The van der Waals surface area contributed by atoms with Gasteiger partial charge in [-0.15, -0.1) is 11.3 Å². The number of carboxylic acids is 1. The number of carbonyl (C=O) groups excluding carboxylic acids is 1. The number of hydrogen-bond acceptors (Lipinski definition) is 4. The maximum atomic E-state index is 12.6. The minimum Gasteiger partial charge on any atom is -0.478 e. The smallest absolute Gasteiger partial charge is 0.328 e. The van der Waals surface area contributed by atoms with Crippen LogP contribution in [0.1, 0.15) is 40.2 Å². The molecule has 1 amide bonds. The number of piperidine rings is 1. The van der Waals surface area contributed by atoms with Gasteiger partial charge in [0.05, 0.1) is 4.88 Å². The summed E-state index contributed by atoms with van der Waals surface area (Å²) >= 11 is 1.29. The van der Waals surface area contributed by atoms with Crippen molar-refractivity contribution in [2.75, 3.05) is 13.2 Å². The van der Waals surface area contributed by atoms with E-state index >= 15 is 0 Å². The molecular formula is C15H19NO4S. The maximum Gasteiger partial charge on any atom is 0.328 e. The number of nitrogens with zero attached hydrogens (tertiary/aromatic N) is 1. The first-order chi connectivity index (χ1) is 10.1.